The summed E-state index contributed by atoms with van der Waals surface area (Å²) in [5.41, 5.74) is 3.14. The van der Waals surface area contributed by atoms with Gasteiger partial charge < -0.3 is 20.8 Å². The van der Waals surface area contributed by atoms with Crippen LogP contribution < -0.4 is 10.6 Å². The van der Waals surface area contributed by atoms with Crippen molar-refractivity contribution in [1.29, 1.82) is 0 Å². The van der Waals surface area contributed by atoms with Gasteiger partial charge in [-0.1, -0.05) is 6.07 Å². The van der Waals surface area contributed by atoms with E-state index < -0.39 is 24.6 Å². The highest BCUT2D eigenvalue weighted by atomic mass is 16.4. The predicted molar refractivity (Wildman–Crippen MR) is 69.1 cm³/mol. The van der Waals surface area contributed by atoms with Crippen molar-refractivity contribution in [3.05, 3.63) is 29.3 Å². The maximum Gasteiger partial charge on any atom is 0.328 e. The lowest BCUT2D eigenvalue weighted by Crippen LogP contribution is -2.45. The van der Waals surface area contributed by atoms with Crippen molar-refractivity contribution in [2.45, 2.75) is 25.3 Å². The molecule has 0 saturated heterocycles. The van der Waals surface area contributed by atoms with Gasteiger partial charge in [-0.2, -0.15) is 0 Å². The van der Waals surface area contributed by atoms with E-state index in [0.717, 1.165) is 19.3 Å². The molecule has 19 heavy (non-hydrogen) atoms. The van der Waals surface area contributed by atoms with Gasteiger partial charge in [-0.05, 0) is 42.5 Å². The molecule has 0 aliphatic heterocycles. The summed E-state index contributed by atoms with van der Waals surface area (Å²) in [7, 11) is 0. The SMILES string of the molecule is O=C(Nc1ccc2c(c1)CCC2)N[C@@H](CO)C(=O)O. The number of carbonyl (C=O) groups is 2. The van der Waals surface area contributed by atoms with Gasteiger partial charge >= 0.3 is 12.0 Å². The fourth-order valence-electron chi connectivity index (χ4n) is 2.16. The van der Waals surface area contributed by atoms with Gasteiger partial charge in [-0.15, -0.1) is 0 Å². The lowest BCUT2D eigenvalue weighted by Gasteiger charge is -2.13. The quantitative estimate of drug-likeness (QED) is 0.644. The third kappa shape index (κ3) is 3.23. The van der Waals surface area contributed by atoms with Gasteiger partial charge in [-0.25, -0.2) is 9.59 Å². The van der Waals surface area contributed by atoms with Crippen LogP contribution in [0, 0.1) is 0 Å². The number of carboxylic acid groups (broad SMARTS) is 1. The highest BCUT2D eigenvalue weighted by Crippen LogP contribution is 2.24. The van der Waals surface area contributed by atoms with Crippen LogP contribution in [0.25, 0.3) is 0 Å². The van der Waals surface area contributed by atoms with Crippen molar-refractivity contribution in [3.63, 3.8) is 0 Å². The molecule has 2 rings (SSSR count). The number of amides is 2. The molecular formula is C13H16N2O4. The molecule has 102 valence electrons. The number of aliphatic hydroxyl groups excluding tert-OH is 1. The first-order chi connectivity index (χ1) is 9.10. The number of aryl methyl sites for hydroxylation is 2. The minimum absolute atomic E-state index is 0.625. The van der Waals surface area contributed by atoms with Gasteiger partial charge in [0.05, 0.1) is 6.61 Å². The van der Waals surface area contributed by atoms with Gasteiger partial charge in [-0.3, -0.25) is 0 Å². The average molecular weight is 264 g/mol. The third-order valence-electron chi connectivity index (χ3n) is 3.14. The van der Waals surface area contributed by atoms with Gasteiger partial charge in [0.2, 0.25) is 0 Å². The zero-order valence-electron chi connectivity index (χ0n) is 10.3. The van der Waals surface area contributed by atoms with Crippen LogP contribution in [0.4, 0.5) is 10.5 Å². The van der Waals surface area contributed by atoms with Crippen LogP contribution in [-0.2, 0) is 17.6 Å². The molecule has 0 heterocycles. The second-order valence-corrected chi connectivity index (χ2v) is 4.51. The Hall–Kier alpha value is -2.08. The number of benzene rings is 1. The fraction of sp³-hybridized carbons (Fsp3) is 0.385. The number of nitrogens with one attached hydrogen (secondary N) is 2. The highest BCUT2D eigenvalue weighted by molar-refractivity contribution is 5.92. The number of carbonyl (C=O) groups excluding carboxylic acids is 1. The Morgan fingerprint density at radius 3 is 2.68 bits per heavy atom. The lowest BCUT2D eigenvalue weighted by atomic mass is 10.1. The minimum atomic E-state index is -1.30. The molecule has 4 N–H and O–H groups in total. The largest absolute Gasteiger partial charge is 0.480 e. The molecular weight excluding hydrogens is 248 g/mol. The molecule has 1 atom stereocenters. The molecule has 6 heteroatoms. The first kappa shape index (κ1) is 13.4. The number of aliphatic hydroxyl groups is 1. The molecule has 0 bridgehead atoms. The van der Waals surface area contributed by atoms with E-state index in [0.29, 0.717) is 5.69 Å². The van der Waals surface area contributed by atoms with E-state index in [1.54, 1.807) is 6.07 Å². The summed E-state index contributed by atoms with van der Waals surface area (Å²) in [4.78, 5) is 22.3. The summed E-state index contributed by atoms with van der Waals surface area (Å²) < 4.78 is 0. The first-order valence-electron chi connectivity index (χ1n) is 6.13. The Morgan fingerprint density at radius 1 is 1.26 bits per heavy atom. The van der Waals surface area contributed by atoms with Crippen LogP contribution in [0.15, 0.2) is 18.2 Å². The smallest absolute Gasteiger partial charge is 0.328 e. The molecule has 1 aromatic rings. The summed E-state index contributed by atoms with van der Waals surface area (Å²) in [5, 5.41) is 22.3. The monoisotopic (exact) mass is 264 g/mol. The summed E-state index contributed by atoms with van der Waals surface area (Å²) in [6, 6.07) is 3.72. The molecule has 1 aliphatic rings. The van der Waals surface area contributed by atoms with Crippen LogP contribution in [0.2, 0.25) is 0 Å². The summed E-state index contributed by atoms with van der Waals surface area (Å²) in [6.07, 6.45) is 3.19. The fourth-order valence-corrected chi connectivity index (χ4v) is 2.16. The molecule has 1 aliphatic carbocycles. The number of fused-ring (bicyclic) bond motifs is 1. The maximum atomic E-state index is 11.6. The van der Waals surface area contributed by atoms with E-state index in [-0.39, 0.29) is 0 Å². The Labute approximate surface area is 110 Å². The standard InChI is InChI=1S/C13H16N2O4/c16-7-11(12(17)18)15-13(19)14-10-5-4-8-2-1-3-9(8)6-10/h4-6,11,16H,1-3,7H2,(H,17,18)(H2,14,15,19)/t11-/m0/s1. The normalized spacial score (nSPS) is 14.6. The van der Waals surface area contributed by atoms with E-state index in [2.05, 4.69) is 10.6 Å². The van der Waals surface area contributed by atoms with E-state index >= 15 is 0 Å². The van der Waals surface area contributed by atoms with Crippen molar-refractivity contribution in [1.82, 2.24) is 5.32 Å². The highest BCUT2D eigenvalue weighted by Gasteiger charge is 2.19. The summed E-state index contributed by atoms with van der Waals surface area (Å²) in [5.74, 6) is -1.27. The van der Waals surface area contributed by atoms with Crippen LogP contribution in [0.3, 0.4) is 0 Å². The third-order valence-corrected chi connectivity index (χ3v) is 3.14. The number of carboxylic acids is 1. The number of rotatable bonds is 4. The number of aliphatic carboxylic acids is 1. The maximum absolute atomic E-state index is 11.6. The average Bonchev–Trinajstić information content (AvgIpc) is 2.82. The molecule has 0 unspecified atom stereocenters. The topological polar surface area (TPSA) is 98.7 Å². The molecule has 0 aromatic heterocycles. The van der Waals surface area contributed by atoms with E-state index in [9.17, 15) is 9.59 Å². The van der Waals surface area contributed by atoms with Crippen LogP contribution in [0.1, 0.15) is 17.5 Å². The Morgan fingerprint density at radius 2 is 2.00 bits per heavy atom. The molecule has 0 radical (unpaired) electrons. The number of hydrogen-bond acceptors (Lipinski definition) is 3. The van der Waals surface area contributed by atoms with Gasteiger partial charge in [0.1, 0.15) is 0 Å². The number of hydrogen-bond donors (Lipinski definition) is 4. The van der Waals surface area contributed by atoms with Crippen molar-refractivity contribution in [3.8, 4) is 0 Å². The lowest BCUT2D eigenvalue weighted by molar-refractivity contribution is -0.140. The van der Waals surface area contributed by atoms with Crippen LogP contribution in [-0.4, -0.2) is 34.9 Å². The van der Waals surface area contributed by atoms with Gasteiger partial charge in [0.15, 0.2) is 6.04 Å². The molecule has 0 saturated carbocycles. The minimum Gasteiger partial charge on any atom is -0.480 e. The molecule has 0 fully saturated rings. The molecule has 0 spiro atoms. The van der Waals surface area contributed by atoms with Gasteiger partial charge in [0, 0.05) is 5.69 Å². The van der Waals surface area contributed by atoms with Gasteiger partial charge in [0.25, 0.3) is 0 Å². The van der Waals surface area contributed by atoms with E-state index in [1.165, 1.54) is 11.1 Å². The molecule has 6 nitrogen and oxygen atoms in total. The Balaban J connectivity index is 1.97. The summed E-state index contributed by atoms with van der Waals surface area (Å²) >= 11 is 0. The Bertz CT molecular complexity index is 501. The predicted octanol–water partition coefficient (Wildman–Crippen LogP) is 0.742. The van der Waals surface area contributed by atoms with Crippen molar-refractivity contribution >= 4 is 17.7 Å². The zero-order valence-corrected chi connectivity index (χ0v) is 10.3. The van der Waals surface area contributed by atoms with E-state index in [4.69, 9.17) is 10.2 Å². The first-order valence-corrected chi connectivity index (χ1v) is 6.13. The van der Waals surface area contributed by atoms with E-state index in [1.807, 2.05) is 12.1 Å². The number of anilines is 1. The molecule has 1 aromatic carbocycles. The van der Waals surface area contributed by atoms with Crippen molar-refractivity contribution in [2.75, 3.05) is 11.9 Å². The van der Waals surface area contributed by atoms with Crippen LogP contribution in [0.5, 0.6) is 0 Å². The van der Waals surface area contributed by atoms with Crippen molar-refractivity contribution in [2.24, 2.45) is 0 Å². The number of urea groups is 1. The van der Waals surface area contributed by atoms with Crippen molar-refractivity contribution < 1.29 is 19.8 Å². The summed E-state index contributed by atoms with van der Waals surface area (Å²) in [6.45, 7) is -0.646. The zero-order chi connectivity index (χ0) is 13.8. The second kappa shape index (κ2) is 5.71. The Kier molecular flexibility index (Phi) is 4.01. The molecule has 2 amide bonds. The second-order valence-electron chi connectivity index (χ2n) is 4.51. The van der Waals surface area contributed by atoms with Crippen LogP contribution >= 0.6 is 0 Å².